The van der Waals surface area contributed by atoms with Gasteiger partial charge < -0.3 is 4.74 Å². The zero-order valence-corrected chi connectivity index (χ0v) is 17.5. The zero-order valence-electron chi connectivity index (χ0n) is 16.6. The number of imide groups is 1. The molecule has 148 valence electrons. The van der Waals surface area contributed by atoms with Crippen LogP contribution in [0.15, 0.2) is 24.3 Å². The molecule has 3 fully saturated rings. The van der Waals surface area contributed by atoms with Crippen LogP contribution in [0.4, 0.5) is 5.00 Å². The topological polar surface area (TPSA) is 70.4 Å². The molecular weight excluding hydrogens is 384 g/mol. The Morgan fingerprint density at radius 2 is 1.69 bits per heavy atom. The molecule has 29 heavy (non-hydrogen) atoms. The molecule has 4 atom stereocenters. The van der Waals surface area contributed by atoms with Crippen LogP contribution >= 0.6 is 11.3 Å². The number of carbonyl (C=O) groups excluding carboxylic acids is 2. The summed E-state index contributed by atoms with van der Waals surface area (Å²) in [6.07, 6.45) is 1.36. The number of carbonyl (C=O) groups is 2. The number of fused-ring (bicyclic) bond motifs is 5. The van der Waals surface area contributed by atoms with E-state index in [0.717, 1.165) is 28.8 Å². The lowest BCUT2D eigenvalue weighted by molar-refractivity contribution is -0.124. The number of hydrogen-bond acceptors (Lipinski definition) is 5. The molecule has 0 N–H and O–H groups in total. The van der Waals surface area contributed by atoms with E-state index in [0.29, 0.717) is 16.5 Å². The highest BCUT2D eigenvalue weighted by Gasteiger charge is 2.63. The van der Waals surface area contributed by atoms with E-state index in [9.17, 15) is 14.9 Å². The minimum Gasteiger partial charge on any atom is -0.373 e. The van der Waals surface area contributed by atoms with Crippen LogP contribution in [-0.4, -0.2) is 24.0 Å². The first kappa shape index (κ1) is 18.5. The van der Waals surface area contributed by atoms with Crippen LogP contribution in [0, 0.1) is 30.1 Å². The summed E-state index contributed by atoms with van der Waals surface area (Å²) in [7, 11) is 0. The summed E-state index contributed by atoms with van der Waals surface area (Å²) < 4.78 is 5.82. The van der Waals surface area contributed by atoms with Gasteiger partial charge in [-0.15, -0.1) is 11.3 Å². The second-order valence-electron chi connectivity index (χ2n) is 8.46. The number of ether oxygens (including phenoxy) is 1. The van der Waals surface area contributed by atoms with Gasteiger partial charge in [-0.1, -0.05) is 38.1 Å². The molecule has 2 amide bonds. The van der Waals surface area contributed by atoms with E-state index in [2.05, 4.69) is 32.0 Å². The highest BCUT2D eigenvalue weighted by atomic mass is 32.1. The van der Waals surface area contributed by atoms with Gasteiger partial charge in [0.2, 0.25) is 11.8 Å². The van der Waals surface area contributed by atoms with Crippen molar-refractivity contribution in [3.63, 3.8) is 0 Å². The highest BCUT2D eigenvalue weighted by Crippen LogP contribution is 2.52. The Hall–Kier alpha value is -2.49. The van der Waals surface area contributed by atoms with Crippen LogP contribution in [0.3, 0.4) is 0 Å². The van der Waals surface area contributed by atoms with Gasteiger partial charge in [0, 0.05) is 10.4 Å². The maximum absolute atomic E-state index is 13.2. The molecule has 3 aliphatic heterocycles. The monoisotopic (exact) mass is 406 g/mol. The van der Waals surface area contributed by atoms with Gasteiger partial charge in [0.25, 0.3) is 0 Å². The molecule has 3 saturated heterocycles. The van der Waals surface area contributed by atoms with Crippen LogP contribution in [0.2, 0.25) is 0 Å². The quantitative estimate of drug-likeness (QED) is 0.709. The first-order valence-electron chi connectivity index (χ1n) is 10.1. The first-order chi connectivity index (χ1) is 13.9. The molecule has 4 heterocycles. The molecule has 0 spiro atoms. The second kappa shape index (κ2) is 6.51. The van der Waals surface area contributed by atoms with Crippen molar-refractivity contribution >= 4 is 28.2 Å². The Morgan fingerprint density at radius 3 is 2.21 bits per heavy atom. The average Bonchev–Trinajstić information content (AvgIpc) is 3.44. The highest BCUT2D eigenvalue weighted by molar-refractivity contribution is 7.17. The van der Waals surface area contributed by atoms with Crippen molar-refractivity contribution in [1.82, 2.24) is 0 Å². The molecule has 0 saturated carbocycles. The maximum Gasteiger partial charge on any atom is 0.241 e. The minimum absolute atomic E-state index is 0.152. The third-order valence-corrected chi connectivity index (χ3v) is 7.62. The summed E-state index contributed by atoms with van der Waals surface area (Å²) in [5.41, 5.74) is 3.40. The van der Waals surface area contributed by atoms with Gasteiger partial charge in [0.1, 0.15) is 11.1 Å². The Kier molecular flexibility index (Phi) is 4.16. The Balaban J connectivity index is 1.57. The van der Waals surface area contributed by atoms with Crippen LogP contribution in [0.25, 0.3) is 11.1 Å². The summed E-state index contributed by atoms with van der Waals surface area (Å²) in [4.78, 5) is 28.5. The fourth-order valence-electron chi connectivity index (χ4n) is 5.09. The van der Waals surface area contributed by atoms with E-state index in [1.54, 1.807) is 0 Å². The number of anilines is 1. The van der Waals surface area contributed by atoms with E-state index in [4.69, 9.17) is 4.74 Å². The Bertz CT molecular complexity index is 1040. The van der Waals surface area contributed by atoms with Crippen LogP contribution < -0.4 is 4.90 Å². The molecule has 0 aliphatic carbocycles. The molecule has 5 rings (SSSR count). The summed E-state index contributed by atoms with van der Waals surface area (Å²) in [5.74, 6) is -0.748. The standard InChI is InChI=1S/C23H22N2O3S/c1-11(2)13-4-6-14(7-5-13)18-12(3)29-23(15(18)10-24)25-21(26)19-16-8-9-17(28-16)20(19)22(25)27/h4-7,11,16-17,19-20H,8-9H2,1-3H3/t16-,17-,19-,20+/m0/s1. The molecule has 2 aromatic rings. The van der Waals surface area contributed by atoms with Crippen molar-refractivity contribution < 1.29 is 14.3 Å². The molecule has 2 bridgehead atoms. The van der Waals surface area contributed by atoms with E-state index < -0.39 is 0 Å². The van der Waals surface area contributed by atoms with Crippen LogP contribution in [0.1, 0.15) is 48.6 Å². The van der Waals surface area contributed by atoms with E-state index in [1.807, 2.05) is 19.1 Å². The van der Waals surface area contributed by atoms with E-state index in [1.165, 1.54) is 21.8 Å². The largest absolute Gasteiger partial charge is 0.373 e. The summed E-state index contributed by atoms with van der Waals surface area (Å²) in [6.45, 7) is 6.23. The van der Waals surface area contributed by atoms with Gasteiger partial charge >= 0.3 is 0 Å². The van der Waals surface area contributed by atoms with Crippen molar-refractivity contribution in [2.75, 3.05) is 4.90 Å². The number of rotatable bonds is 3. The molecule has 5 nitrogen and oxygen atoms in total. The van der Waals surface area contributed by atoms with Gasteiger partial charge in [-0.25, -0.2) is 4.90 Å². The fourth-order valence-corrected chi connectivity index (χ4v) is 6.22. The molecule has 3 aliphatic rings. The normalized spacial score (nSPS) is 27.8. The van der Waals surface area contributed by atoms with Gasteiger partial charge in [-0.2, -0.15) is 5.26 Å². The summed E-state index contributed by atoms with van der Waals surface area (Å²) in [5, 5.41) is 10.4. The lowest BCUT2D eigenvalue weighted by Gasteiger charge is -2.16. The van der Waals surface area contributed by atoms with Crippen LogP contribution in [0.5, 0.6) is 0 Å². The number of benzene rings is 1. The number of nitriles is 1. The molecular formula is C23H22N2O3S. The summed E-state index contributed by atoms with van der Waals surface area (Å²) >= 11 is 1.36. The molecule has 0 radical (unpaired) electrons. The molecule has 0 unspecified atom stereocenters. The predicted molar refractivity (Wildman–Crippen MR) is 111 cm³/mol. The zero-order chi connectivity index (χ0) is 20.4. The van der Waals surface area contributed by atoms with Gasteiger partial charge in [0.05, 0.1) is 29.6 Å². The van der Waals surface area contributed by atoms with E-state index >= 15 is 0 Å². The minimum atomic E-state index is -0.385. The van der Waals surface area contributed by atoms with Crippen LogP contribution in [-0.2, 0) is 14.3 Å². The maximum atomic E-state index is 13.2. The third kappa shape index (κ3) is 2.54. The predicted octanol–water partition coefficient (Wildman–Crippen LogP) is 4.39. The molecule has 6 heteroatoms. The van der Waals surface area contributed by atoms with Gasteiger partial charge in [0.15, 0.2) is 0 Å². The van der Waals surface area contributed by atoms with Crippen molar-refractivity contribution in [2.24, 2.45) is 11.8 Å². The van der Waals surface area contributed by atoms with Gasteiger partial charge in [-0.3, -0.25) is 9.59 Å². The third-order valence-electron chi connectivity index (χ3n) is 6.53. The second-order valence-corrected chi connectivity index (χ2v) is 9.66. The summed E-state index contributed by atoms with van der Waals surface area (Å²) in [6, 6.07) is 10.5. The fraction of sp³-hybridized carbons (Fsp3) is 0.435. The lowest BCUT2D eigenvalue weighted by Crippen LogP contribution is -2.34. The van der Waals surface area contributed by atoms with Gasteiger partial charge in [-0.05, 0) is 36.8 Å². The van der Waals surface area contributed by atoms with E-state index in [-0.39, 0.29) is 35.9 Å². The Labute approximate surface area is 173 Å². The number of nitrogens with zero attached hydrogens (tertiary/aromatic N) is 2. The molecule has 1 aromatic heterocycles. The number of amides is 2. The average molecular weight is 407 g/mol. The lowest BCUT2D eigenvalue weighted by atomic mass is 9.81. The van der Waals surface area contributed by atoms with Crippen molar-refractivity contribution in [1.29, 1.82) is 5.26 Å². The van der Waals surface area contributed by atoms with Crippen molar-refractivity contribution in [3.05, 3.63) is 40.3 Å². The SMILES string of the molecule is Cc1sc(N2C(=O)[C@@H]3[C@H](C2=O)[C@@H]2CC[C@@H]3O2)c(C#N)c1-c1ccc(C(C)C)cc1. The van der Waals surface area contributed by atoms with Crippen molar-refractivity contribution in [3.8, 4) is 17.2 Å². The first-order valence-corrected chi connectivity index (χ1v) is 10.9. The number of hydrogen-bond donors (Lipinski definition) is 0. The Morgan fingerprint density at radius 1 is 1.10 bits per heavy atom. The smallest absolute Gasteiger partial charge is 0.241 e. The number of aryl methyl sites for hydroxylation is 1. The number of thiophene rings is 1. The molecule has 1 aromatic carbocycles. The van der Waals surface area contributed by atoms with Crippen molar-refractivity contribution in [2.45, 2.75) is 51.7 Å².